The second-order valence-corrected chi connectivity index (χ2v) is 6.67. The second kappa shape index (κ2) is 7.24. The van der Waals surface area contributed by atoms with Crippen LogP contribution in [0.25, 0.3) is 10.8 Å². The van der Waals surface area contributed by atoms with Crippen molar-refractivity contribution in [1.82, 2.24) is 0 Å². The molecule has 1 N–H and O–H groups in total. The first-order valence-electron chi connectivity index (χ1n) is 7.45. The van der Waals surface area contributed by atoms with Crippen molar-refractivity contribution >= 4 is 49.9 Å². The van der Waals surface area contributed by atoms with Crippen molar-refractivity contribution < 1.29 is 9.53 Å². The highest BCUT2D eigenvalue weighted by Gasteiger charge is 2.17. The third-order valence-electron chi connectivity index (χ3n) is 3.61. The van der Waals surface area contributed by atoms with Crippen molar-refractivity contribution in [1.29, 1.82) is 0 Å². The summed E-state index contributed by atoms with van der Waals surface area (Å²) in [7, 11) is 0. The molecular formula is C19H15BrClNO2. The summed E-state index contributed by atoms with van der Waals surface area (Å²) in [5.41, 5.74) is 0.760. The summed E-state index contributed by atoms with van der Waals surface area (Å²) >= 11 is 9.47. The monoisotopic (exact) mass is 403 g/mol. The topological polar surface area (TPSA) is 38.3 Å². The Morgan fingerprint density at radius 1 is 1.12 bits per heavy atom. The van der Waals surface area contributed by atoms with Crippen molar-refractivity contribution in [2.45, 2.75) is 13.0 Å². The van der Waals surface area contributed by atoms with Crippen LogP contribution < -0.4 is 10.1 Å². The number of benzene rings is 3. The Kier molecular flexibility index (Phi) is 5.07. The van der Waals surface area contributed by atoms with Crippen molar-refractivity contribution in [3.63, 3.8) is 0 Å². The lowest BCUT2D eigenvalue weighted by Crippen LogP contribution is -2.30. The molecule has 122 valence electrons. The molecule has 0 aromatic heterocycles. The van der Waals surface area contributed by atoms with Crippen LogP contribution in [-0.4, -0.2) is 12.0 Å². The number of hydrogen-bond donors (Lipinski definition) is 1. The number of hydrogen-bond acceptors (Lipinski definition) is 2. The third-order valence-corrected chi connectivity index (χ3v) is 4.40. The molecule has 5 heteroatoms. The number of nitrogens with one attached hydrogen (secondary N) is 1. The predicted molar refractivity (Wildman–Crippen MR) is 102 cm³/mol. The van der Waals surface area contributed by atoms with Crippen molar-refractivity contribution in [3.8, 4) is 5.75 Å². The van der Waals surface area contributed by atoms with Gasteiger partial charge < -0.3 is 10.1 Å². The van der Waals surface area contributed by atoms with Crippen LogP contribution in [0.4, 0.5) is 5.69 Å². The molecule has 0 bridgehead atoms. The largest absolute Gasteiger partial charge is 0.479 e. The number of halogens is 2. The zero-order chi connectivity index (χ0) is 17.1. The number of carbonyl (C=O) groups is 1. The van der Waals surface area contributed by atoms with Gasteiger partial charge in [-0.2, -0.15) is 0 Å². The van der Waals surface area contributed by atoms with E-state index in [4.69, 9.17) is 16.3 Å². The molecule has 0 spiro atoms. The Morgan fingerprint density at radius 2 is 1.88 bits per heavy atom. The van der Waals surface area contributed by atoms with Crippen LogP contribution >= 0.6 is 27.5 Å². The third kappa shape index (κ3) is 3.71. The fourth-order valence-electron chi connectivity index (χ4n) is 2.38. The maximum absolute atomic E-state index is 12.5. The quantitative estimate of drug-likeness (QED) is 0.609. The zero-order valence-electron chi connectivity index (χ0n) is 12.9. The Hall–Kier alpha value is -2.04. The molecule has 3 nitrogen and oxygen atoms in total. The zero-order valence-corrected chi connectivity index (χ0v) is 15.3. The maximum atomic E-state index is 12.5. The summed E-state index contributed by atoms with van der Waals surface area (Å²) in [5, 5.41) is 5.43. The van der Waals surface area contributed by atoms with Crippen LogP contribution in [0.1, 0.15) is 6.92 Å². The van der Waals surface area contributed by atoms with Crippen molar-refractivity contribution in [2.24, 2.45) is 0 Å². The van der Waals surface area contributed by atoms with Crippen molar-refractivity contribution in [3.05, 3.63) is 70.2 Å². The Balaban J connectivity index is 1.76. The first-order chi connectivity index (χ1) is 11.5. The van der Waals surface area contributed by atoms with E-state index in [0.29, 0.717) is 10.8 Å². The molecule has 1 atom stereocenters. The predicted octanol–water partition coefficient (Wildman–Crippen LogP) is 5.66. The minimum absolute atomic E-state index is 0.231. The molecule has 3 rings (SSSR count). The van der Waals surface area contributed by atoms with Gasteiger partial charge in [-0.25, -0.2) is 0 Å². The van der Waals surface area contributed by atoms with E-state index < -0.39 is 6.10 Å². The molecule has 1 amide bonds. The van der Waals surface area contributed by atoms with E-state index >= 15 is 0 Å². The van der Waals surface area contributed by atoms with E-state index in [9.17, 15) is 4.79 Å². The SMILES string of the molecule is C[C@@H](Oc1ccc(Br)cc1Cl)C(=O)Nc1cccc2ccccc12. The van der Waals surface area contributed by atoms with Crippen LogP contribution in [-0.2, 0) is 4.79 Å². The molecule has 0 aliphatic carbocycles. The summed E-state index contributed by atoms with van der Waals surface area (Å²) in [5.74, 6) is 0.241. The van der Waals surface area contributed by atoms with Gasteiger partial charge in [-0.1, -0.05) is 63.9 Å². The summed E-state index contributed by atoms with van der Waals surface area (Å²) in [4.78, 5) is 12.5. The first-order valence-corrected chi connectivity index (χ1v) is 8.62. The van der Waals surface area contributed by atoms with Gasteiger partial charge >= 0.3 is 0 Å². The Labute approximate surface area is 153 Å². The molecule has 0 saturated heterocycles. The Bertz CT molecular complexity index is 892. The molecule has 0 fully saturated rings. The van der Waals surface area contributed by atoms with Crippen LogP contribution in [0.5, 0.6) is 5.75 Å². The van der Waals surface area contributed by atoms with E-state index in [1.807, 2.05) is 48.5 Å². The lowest BCUT2D eigenvalue weighted by Gasteiger charge is -2.16. The minimum Gasteiger partial charge on any atom is -0.479 e. The van der Waals surface area contributed by atoms with Gasteiger partial charge in [0.2, 0.25) is 0 Å². The number of ether oxygens (including phenoxy) is 1. The highest BCUT2D eigenvalue weighted by atomic mass is 79.9. The van der Waals surface area contributed by atoms with Gasteiger partial charge in [-0.05, 0) is 36.6 Å². The number of amides is 1. The molecule has 24 heavy (non-hydrogen) atoms. The van der Waals surface area contributed by atoms with Crippen LogP contribution in [0.2, 0.25) is 5.02 Å². The molecule has 3 aromatic carbocycles. The second-order valence-electron chi connectivity index (χ2n) is 5.35. The van der Waals surface area contributed by atoms with E-state index in [1.54, 1.807) is 19.1 Å². The number of fused-ring (bicyclic) bond motifs is 1. The smallest absolute Gasteiger partial charge is 0.265 e. The number of rotatable bonds is 4. The molecule has 0 saturated carbocycles. The summed E-state index contributed by atoms with van der Waals surface area (Å²) in [6, 6.07) is 19.0. The van der Waals surface area contributed by atoms with Gasteiger partial charge in [0, 0.05) is 15.5 Å². The average molecular weight is 405 g/mol. The molecular weight excluding hydrogens is 390 g/mol. The molecule has 0 heterocycles. The summed E-state index contributed by atoms with van der Waals surface area (Å²) < 4.78 is 6.54. The maximum Gasteiger partial charge on any atom is 0.265 e. The van der Waals surface area contributed by atoms with Gasteiger partial charge in [0.15, 0.2) is 6.10 Å². The van der Waals surface area contributed by atoms with E-state index in [0.717, 1.165) is 20.9 Å². The van der Waals surface area contributed by atoms with Gasteiger partial charge in [-0.15, -0.1) is 0 Å². The minimum atomic E-state index is -0.678. The highest BCUT2D eigenvalue weighted by molar-refractivity contribution is 9.10. The molecule has 0 unspecified atom stereocenters. The summed E-state index contributed by atoms with van der Waals surface area (Å²) in [6.07, 6.45) is -0.678. The van der Waals surface area contributed by atoms with E-state index in [1.165, 1.54) is 0 Å². The van der Waals surface area contributed by atoms with E-state index in [-0.39, 0.29) is 5.91 Å². The van der Waals surface area contributed by atoms with Gasteiger partial charge in [0.05, 0.1) is 5.02 Å². The summed E-state index contributed by atoms with van der Waals surface area (Å²) in [6.45, 7) is 1.69. The fourth-order valence-corrected chi connectivity index (χ4v) is 3.10. The molecule has 0 aliphatic heterocycles. The lowest BCUT2D eigenvalue weighted by atomic mass is 10.1. The fraction of sp³-hybridized carbons (Fsp3) is 0.105. The molecule has 0 aliphatic rings. The first kappa shape index (κ1) is 16.8. The normalized spacial score (nSPS) is 12.0. The number of anilines is 1. The van der Waals surface area contributed by atoms with Crippen LogP contribution in [0, 0.1) is 0 Å². The Morgan fingerprint density at radius 3 is 2.67 bits per heavy atom. The molecule has 3 aromatic rings. The van der Waals surface area contributed by atoms with Gasteiger partial charge in [0.1, 0.15) is 5.75 Å². The van der Waals surface area contributed by atoms with Crippen molar-refractivity contribution in [2.75, 3.05) is 5.32 Å². The van der Waals surface area contributed by atoms with Crippen LogP contribution in [0.3, 0.4) is 0 Å². The van der Waals surface area contributed by atoms with Crippen LogP contribution in [0.15, 0.2) is 65.1 Å². The number of carbonyl (C=O) groups excluding carboxylic acids is 1. The van der Waals surface area contributed by atoms with Gasteiger partial charge in [0.25, 0.3) is 5.91 Å². The average Bonchev–Trinajstić information content (AvgIpc) is 2.57. The van der Waals surface area contributed by atoms with Gasteiger partial charge in [-0.3, -0.25) is 4.79 Å². The standard InChI is InChI=1S/C19H15BrClNO2/c1-12(24-18-10-9-14(20)11-16(18)21)19(23)22-17-8-4-6-13-5-2-3-7-15(13)17/h2-12H,1H3,(H,22,23)/t12-/m1/s1. The molecule has 0 radical (unpaired) electrons. The van der Waals surface area contributed by atoms with E-state index in [2.05, 4.69) is 21.2 Å². The highest BCUT2D eigenvalue weighted by Crippen LogP contribution is 2.29. The lowest BCUT2D eigenvalue weighted by molar-refractivity contribution is -0.122.